The van der Waals surface area contributed by atoms with Crippen LogP contribution in [0, 0.1) is 11.8 Å². The number of piperidine rings is 1. The molecule has 2 saturated heterocycles. The molecule has 0 bridgehead atoms. The molecular weight excluding hydrogens is 406 g/mol. The lowest BCUT2D eigenvalue weighted by Gasteiger charge is -2.31. The number of hydrogen-bond acceptors (Lipinski definition) is 8. The van der Waals surface area contributed by atoms with Gasteiger partial charge in [-0.2, -0.15) is 8.78 Å². The fraction of sp³-hybridized carbons (Fsp3) is 0.571. The van der Waals surface area contributed by atoms with Crippen LogP contribution in [0.25, 0.3) is 11.3 Å². The van der Waals surface area contributed by atoms with Crippen molar-refractivity contribution in [3.63, 3.8) is 0 Å². The first-order valence-corrected chi connectivity index (χ1v) is 10.6. The summed E-state index contributed by atoms with van der Waals surface area (Å²) in [6, 6.07) is 3.44. The van der Waals surface area contributed by atoms with Crippen molar-refractivity contribution in [2.75, 3.05) is 57.1 Å². The van der Waals surface area contributed by atoms with Crippen LogP contribution in [-0.2, 0) is 4.74 Å². The fourth-order valence-corrected chi connectivity index (χ4v) is 4.67. The Balaban J connectivity index is 1.42. The highest BCUT2D eigenvalue weighted by Crippen LogP contribution is 2.58. The Morgan fingerprint density at radius 1 is 1.19 bits per heavy atom. The van der Waals surface area contributed by atoms with Crippen LogP contribution in [0.5, 0.6) is 5.75 Å². The number of hydrogen-bond donors (Lipinski definition) is 1. The third kappa shape index (κ3) is 4.01. The minimum Gasteiger partial charge on any atom is -0.431 e. The van der Waals surface area contributed by atoms with Crippen molar-refractivity contribution in [2.45, 2.75) is 19.0 Å². The maximum Gasteiger partial charge on any atom is 0.387 e. The number of nitrogens with zero attached hydrogens (tertiary/aromatic N) is 5. The minimum atomic E-state index is -2.97. The Kier molecular flexibility index (Phi) is 5.35. The summed E-state index contributed by atoms with van der Waals surface area (Å²) in [5, 5.41) is 0. The Morgan fingerprint density at radius 2 is 1.97 bits per heavy atom. The molecule has 2 unspecified atom stereocenters. The van der Waals surface area contributed by atoms with E-state index < -0.39 is 6.61 Å². The molecule has 1 saturated carbocycles. The number of methoxy groups -OCH3 is 1. The Labute approximate surface area is 179 Å². The van der Waals surface area contributed by atoms with E-state index in [0.29, 0.717) is 35.0 Å². The van der Waals surface area contributed by atoms with E-state index in [-0.39, 0.29) is 11.6 Å². The second-order valence-corrected chi connectivity index (χ2v) is 8.41. The summed E-state index contributed by atoms with van der Waals surface area (Å²) in [6.45, 7) is 2.67. The quantitative estimate of drug-likeness (QED) is 0.679. The molecule has 2 N–H and O–H groups in total. The zero-order valence-corrected chi connectivity index (χ0v) is 17.4. The average molecular weight is 432 g/mol. The summed E-state index contributed by atoms with van der Waals surface area (Å²) < 4.78 is 35.2. The van der Waals surface area contributed by atoms with Gasteiger partial charge in [0.25, 0.3) is 0 Å². The number of nitrogen functional groups attached to an aromatic ring is 1. The number of pyridine rings is 1. The lowest BCUT2D eigenvalue weighted by molar-refractivity contribution is -0.0494. The van der Waals surface area contributed by atoms with Gasteiger partial charge in [-0.1, -0.05) is 0 Å². The molecule has 5 rings (SSSR count). The first kappa shape index (κ1) is 20.3. The molecule has 3 aliphatic rings. The average Bonchev–Trinajstić information content (AvgIpc) is 3.21. The third-order valence-corrected chi connectivity index (χ3v) is 6.49. The highest BCUT2D eigenvalue weighted by atomic mass is 19.3. The molecule has 2 atom stereocenters. The highest BCUT2D eigenvalue weighted by Gasteiger charge is 2.56. The van der Waals surface area contributed by atoms with E-state index in [1.54, 1.807) is 13.3 Å². The topological polar surface area (TPSA) is 89.6 Å². The van der Waals surface area contributed by atoms with Gasteiger partial charge in [0.1, 0.15) is 0 Å². The van der Waals surface area contributed by atoms with Crippen LogP contribution in [0.2, 0.25) is 0 Å². The van der Waals surface area contributed by atoms with Gasteiger partial charge in [0.15, 0.2) is 11.6 Å². The van der Waals surface area contributed by atoms with E-state index in [2.05, 4.69) is 19.5 Å². The first-order chi connectivity index (χ1) is 15.0. The zero-order chi connectivity index (χ0) is 21.5. The van der Waals surface area contributed by atoms with Crippen LogP contribution in [0.1, 0.15) is 18.0 Å². The Morgan fingerprint density at radius 3 is 2.61 bits per heavy atom. The van der Waals surface area contributed by atoms with E-state index in [4.69, 9.17) is 20.4 Å². The number of halogens is 2. The summed E-state index contributed by atoms with van der Waals surface area (Å²) >= 11 is 0. The normalized spacial score (nSPS) is 24.9. The molecule has 10 heteroatoms. The van der Waals surface area contributed by atoms with Crippen molar-refractivity contribution in [1.82, 2.24) is 19.9 Å². The minimum absolute atomic E-state index is 0.0748. The molecule has 1 aliphatic carbocycles. The molecular formula is C21H26F2N6O2. The number of nitrogens with two attached hydrogens (primary N) is 1. The lowest BCUT2D eigenvalue weighted by Crippen LogP contribution is -2.38. The number of anilines is 2. The number of rotatable bonds is 8. The van der Waals surface area contributed by atoms with Crippen LogP contribution >= 0.6 is 0 Å². The summed E-state index contributed by atoms with van der Waals surface area (Å²) in [7, 11) is 1.73. The second kappa shape index (κ2) is 8.16. The predicted molar refractivity (Wildman–Crippen MR) is 111 cm³/mol. The molecule has 0 radical (unpaired) electrons. The Bertz CT molecular complexity index is 945. The van der Waals surface area contributed by atoms with E-state index >= 15 is 0 Å². The summed E-state index contributed by atoms with van der Waals surface area (Å²) in [5.41, 5.74) is 7.95. The lowest BCUT2D eigenvalue weighted by atomic mass is 10.1. The summed E-state index contributed by atoms with van der Waals surface area (Å²) in [5.74, 6) is 2.05. The molecule has 2 aliphatic heterocycles. The summed E-state index contributed by atoms with van der Waals surface area (Å²) in [6.07, 6.45) is 2.65. The summed E-state index contributed by atoms with van der Waals surface area (Å²) in [4.78, 5) is 18.2. The van der Waals surface area contributed by atoms with E-state index in [1.165, 1.54) is 6.07 Å². The van der Waals surface area contributed by atoms with Gasteiger partial charge in [-0.15, -0.1) is 0 Å². The number of alkyl halides is 2. The molecule has 4 heterocycles. The van der Waals surface area contributed by atoms with Gasteiger partial charge in [-0.3, -0.25) is 0 Å². The molecule has 0 amide bonds. The molecule has 2 aromatic heterocycles. The van der Waals surface area contributed by atoms with Gasteiger partial charge in [-0.25, -0.2) is 15.0 Å². The zero-order valence-electron chi connectivity index (χ0n) is 17.4. The maximum absolute atomic E-state index is 12.7. The van der Waals surface area contributed by atoms with Gasteiger partial charge >= 0.3 is 6.61 Å². The van der Waals surface area contributed by atoms with Gasteiger partial charge in [-0.05, 0) is 30.4 Å². The van der Waals surface area contributed by atoms with E-state index in [9.17, 15) is 8.78 Å². The van der Waals surface area contributed by atoms with Crippen molar-refractivity contribution in [1.29, 1.82) is 0 Å². The van der Waals surface area contributed by atoms with Crippen LogP contribution in [-0.4, -0.2) is 72.9 Å². The monoisotopic (exact) mass is 432 g/mol. The van der Waals surface area contributed by atoms with Gasteiger partial charge in [0.05, 0.1) is 18.0 Å². The van der Waals surface area contributed by atoms with Gasteiger partial charge in [0, 0.05) is 57.5 Å². The van der Waals surface area contributed by atoms with E-state index in [1.807, 2.05) is 6.07 Å². The fourth-order valence-electron chi connectivity index (χ4n) is 4.67. The van der Waals surface area contributed by atoms with E-state index in [0.717, 1.165) is 51.4 Å². The van der Waals surface area contributed by atoms with Crippen LogP contribution in [0.4, 0.5) is 20.5 Å². The SMILES string of the molecule is COCCN1CC2C(C1)C2c1cc(-c2cnc(N)c(OC(F)F)c2)nc(N2CCC2)n1. The molecule has 2 aromatic rings. The van der Waals surface area contributed by atoms with Crippen molar-refractivity contribution < 1.29 is 18.3 Å². The van der Waals surface area contributed by atoms with Gasteiger partial charge < -0.3 is 25.0 Å². The van der Waals surface area contributed by atoms with Crippen LogP contribution in [0.15, 0.2) is 18.3 Å². The maximum atomic E-state index is 12.7. The first-order valence-electron chi connectivity index (χ1n) is 10.6. The largest absolute Gasteiger partial charge is 0.431 e. The highest BCUT2D eigenvalue weighted by molar-refractivity contribution is 5.65. The second-order valence-electron chi connectivity index (χ2n) is 8.41. The number of aromatic nitrogens is 3. The number of likely N-dealkylation sites (tertiary alicyclic amines) is 1. The smallest absolute Gasteiger partial charge is 0.387 e. The third-order valence-electron chi connectivity index (χ3n) is 6.49. The van der Waals surface area contributed by atoms with Gasteiger partial charge in [0.2, 0.25) is 5.95 Å². The predicted octanol–water partition coefficient (Wildman–Crippen LogP) is 2.22. The molecule has 0 spiro atoms. The van der Waals surface area contributed by atoms with Crippen molar-refractivity contribution >= 4 is 11.8 Å². The van der Waals surface area contributed by atoms with Crippen LogP contribution < -0.4 is 15.4 Å². The Hall–Kier alpha value is -2.59. The molecule has 31 heavy (non-hydrogen) atoms. The molecule has 3 fully saturated rings. The van der Waals surface area contributed by atoms with Crippen molar-refractivity contribution in [2.24, 2.45) is 11.8 Å². The van der Waals surface area contributed by atoms with Crippen LogP contribution in [0.3, 0.4) is 0 Å². The molecule has 8 nitrogen and oxygen atoms in total. The molecule has 0 aromatic carbocycles. The number of ether oxygens (including phenoxy) is 2. The standard InChI is InChI=1S/C21H26F2N6O2/c1-30-6-5-28-10-13-14(11-28)18(13)16-8-15(26-21(27-16)29-3-2-4-29)12-7-17(31-20(22)23)19(24)25-9-12/h7-9,13-14,18,20H,2-6,10-11H2,1H3,(H2,24,25). The number of fused-ring (bicyclic) bond motifs is 1. The van der Waals surface area contributed by atoms with Crippen molar-refractivity contribution in [3.8, 4) is 17.0 Å². The molecule has 166 valence electrons. The van der Waals surface area contributed by atoms with Crippen molar-refractivity contribution in [3.05, 3.63) is 24.0 Å².